The van der Waals surface area contributed by atoms with Crippen LogP contribution in [0.1, 0.15) is 0 Å². The van der Waals surface area contributed by atoms with Gasteiger partial charge in [-0.3, -0.25) is 4.79 Å². The lowest BCUT2D eigenvalue weighted by molar-refractivity contribution is -0.116. The lowest BCUT2D eigenvalue weighted by Crippen LogP contribution is -2.40. The van der Waals surface area contributed by atoms with Gasteiger partial charge in [0.05, 0.1) is 35.6 Å². The second-order valence-corrected chi connectivity index (χ2v) is 9.15. The van der Waals surface area contributed by atoms with Crippen molar-refractivity contribution in [3.05, 3.63) is 53.3 Å². The van der Waals surface area contributed by atoms with E-state index in [2.05, 4.69) is 10.3 Å². The molecule has 12 heteroatoms. The summed E-state index contributed by atoms with van der Waals surface area (Å²) < 4.78 is 60.5. The molecule has 8 nitrogen and oxygen atoms in total. The average Bonchev–Trinajstić information content (AvgIpc) is 3.11. The van der Waals surface area contributed by atoms with Gasteiger partial charge in [0, 0.05) is 30.9 Å². The van der Waals surface area contributed by atoms with E-state index in [1.165, 1.54) is 33.4 Å². The number of ether oxygens (including phenoxy) is 1. The van der Waals surface area contributed by atoms with E-state index in [4.69, 9.17) is 16.3 Å². The summed E-state index contributed by atoms with van der Waals surface area (Å²) in [5.74, 6) is -2.59. The summed E-state index contributed by atoms with van der Waals surface area (Å²) in [6.07, 6.45) is 1.29. The molecule has 2 heterocycles. The third-order valence-electron chi connectivity index (χ3n) is 4.78. The van der Waals surface area contributed by atoms with E-state index >= 15 is 0 Å². The van der Waals surface area contributed by atoms with E-state index < -0.39 is 27.6 Å². The number of halogens is 3. The number of rotatable bonds is 5. The van der Waals surface area contributed by atoms with Crippen LogP contribution in [0.2, 0.25) is 5.02 Å². The second kappa shape index (κ2) is 8.50. The van der Waals surface area contributed by atoms with Crippen LogP contribution in [-0.2, 0) is 26.1 Å². The van der Waals surface area contributed by atoms with Crippen LogP contribution >= 0.6 is 11.6 Å². The Kier molecular flexibility index (Phi) is 5.93. The Morgan fingerprint density at radius 3 is 2.61 bits per heavy atom. The van der Waals surface area contributed by atoms with Gasteiger partial charge in [0.2, 0.25) is 15.9 Å². The molecule has 164 valence electrons. The molecule has 2 aromatic carbocycles. The highest BCUT2D eigenvalue weighted by Gasteiger charge is 2.28. The summed E-state index contributed by atoms with van der Waals surface area (Å²) >= 11 is 6.12. The number of benzene rings is 2. The van der Waals surface area contributed by atoms with Crippen LogP contribution in [0.15, 0.2) is 41.6 Å². The van der Waals surface area contributed by atoms with Crippen molar-refractivity contribution in [2.24, 2.45) is 0 Å². The molecule has 0 saturated carbocycles. The Morgan fingerprint density at radius 1 is 1.16 bits per heavy atom. The number of nitrogens with one attached hydrogen (secondary N) is 1. The van der Waals surface area contributed by atoms with Crippen molar-refractivity contribution in [3.63, 3.8) is 0 Å². The van der Waals surface area contributed by atoms with E-state index in [0.29, 0.717) is 0 Å². The van der Waals surface area contributed by atoms with Crippen LogP contribution in [0.5, 0.6) is 0 Å². The van der Waals surface area contributed by atoms with E-state index in [1.807, 2.05) is 0 Å². The molecule has 4 rings (SSSR count). The predicted octanol–water partition coefficient (Wildman–Crippen LogP) is 2.63. The minimum absolute atomic E-state index is 0.0302. The number of amides is 1. The highest BCUT2D eigenvalue weighted by Crippen LogP contribution is 2.28. The molecule has 1 aliphatic rings. The minimum Gasteiger partial charge on any atom is -0.379 e. The maximum absolute atomic E-state index is 13.5. The Balaban J connectivity index is 1.54. The van der Waals surface area contributed by atoms with Crippen molar-refractivity contribution >= 4 is 44.3 Å². The van der Waals surface area contributed by atoms with Gasteiger partial charge in [-0.05, 0) is 18.2 Å². The van der Waals surface area contributed by atoms with Crippen molar-refractivity contribution in [1.82, 2.24) is 13.9 Å². The lowest BCUT2D eigenvalue weighted by Gasteiger charge is -2.26. The fraction of sp³-hybridized carbons (Fsp3) is 0.263. The molecule has 0 atom stereocenters. The van der Waals surface area contributed by atoms with Gasteiger partial charge in [0.15, 0.2) is 11.6 Å². The molecule has 31 heavy (non-hydrogen) atoms. The maximum atomic E-state index is 13.5. The Labute approximate surface area is 181 Å². The number of carbonyl (C=O) groups excluding carboxylic acids is 1. The van der Waals surface area contributed by atoms with Gasteiger partial charge in [-0.2, -0.15) is 4.31 Å². The smallest absolute Gasteiger partial charge is 0.244 e. The van der Waals surface area contributed by atoms with E-state index in [0.717, 1.165) is 12.1 Å². The molecule has 0 bridgehead atoms. The standard InChI is InChI=1S/C19H17ClF2N4O4S/c20-13-2-1-12(7-18(13)31(28,29)26-3-5-30-6-4-26)24-19(27)10-25-11-23-16-8-14(21)15(22)9-17(16)25/h1-2,7-9,11H,3-6,10H2,(H,24,27). The number of sulfonamides is 1. The number of hydrogen-bond donors (Lipinski definition) is 1. The third-order valence-corrected chi connectivity index (χ3v) is 7.16. The minimum atomic E-state index is -3.86. The van der Waals surface area contributed by atoms with Crippen molar-refractivity contribution in [2.45, 2.75) is 11.4 Å². The summed E-state index contributed by atoms with van der Waals surface area (Å²) in [6.45, 7) is 0.753. The van der Waals surface area contributed by atoms with Crippen molar-refractivity contribution in [1.29, 1.82) is 0 Å². The largest absolute Gasteiger partial charge is 0.379 e. The zero-order valence-corrected chi connectivity index (χ0v) is 17.6. The van der Waals surface area contributed by atoms with Crippen LogP contribution in [0.3, 0.4) is 0 Å². The molecule has 0 aliphatic carbocycles. The SMILES string of the molecule is O=C(Cn1cnc2cc(F)c(F)cc21)Nc1ccc(Cl)c(S(=O)(=O)N2CCOCC2)c1. The topological polar surface area (TPSA) is 93.5 Å². The Bertz CT molecular complexity index is 1260. The van der Waals surface area contributed by atoms with Crippen molar-refractivity contribution in [2.75, 3.05) is 31.6 Å². The fourth-order valence-corrected chi connectivity index (χ4v) is 5.15. The predicted molar refractivity (Wildman–Crippen MR) is 109 cm³/mol. The lowest BCUT2D eigenvalue weighted by atomic mass is 10.3. The molecule has 0 unspecified atom stereocenters. The van der Waals surface area contributed by atoms with Crippen LogP contribution in [-0.4, -0.2) is 54.5 Å². The average molecular weight is 471 g/mol. The first-order valence-electron chi connectivity index (χ1n) is 9.23. The summed E-state index contributed by atoms with van der Waals surface area (Å²) in [5.41, 5.74) is 0.681. The highest BCUT2D eigenvalue weighted by atomic mass is 35.5. The third kappa shape index (κ3) is 4.40. The van der Waals surface area contributed by atoms with Gasteiger partial charge in [0.1, 0.15) is 11.4 Å². The molecule has 1 aromatic heterocycles. The quantitative estimate of drug-likeness (QED) is 0.618. The zero-order valence-electron chi connectivity index (χ0n) is 16.0. The summed E-state index contributed by atoms with van der Waals surface area (Å²) in [5, 5.41) is 2.62. The molecule has 1 amide bonds. The first-order chi connectivity index (χ1) is 14.8. The molecular weight excluding hydrogens is 454 g/mol. The number of morpholine rings is 1. The van der Waals surface area contributed by atoms with E-state index in [9.17, 15) is 22.0 Å². The Hall–Kier alpha value is -2.60. The number of carbonyl (C=O) groups is 1. The van der Waals surface area contributed by atoms with Gasteiger partial charge >= 0.3 is 0 Å². The summed E-state index contributed by atoms with van der Waals surface area (Å²) in [6, 6.07) is 6.04. The zero-order chi connectivity index (χ0) is 22.2. The van der Waals surface area contributed by atoms with Crippen LogP contribution in [0, 0.1) is 11.6 Å². The number of fused-ring (bicyclic) bond motifs is 1. The molecule has 3 aromatic rings. The Morgan fingerprint density at radius 2 is 1.87 bits per heavy atom. The van der Waals surface area contributed by atoms with Gasteiger partial charge in [-0.25, -0.2) is 22.2 Å². The fourth-order valence-electron chi connectivity index (χ4n) is 3.24. The first kappa shape index (κ1) is 21.6. The molecule has 1 saturated heterocycles. The molecule has 1 aliphatic heterocycles. The molecule has 1 N–H and O–H groups in total. The first-order valence-corrected chi connectivity index (χ1v) is 11.0. The molecular formula is C19H17ClF2N4O4S. The normalized spacial score (nSPS) is 15.3. The number of anilines is 1. The van der Waals surface area contributed by atoms with Crippen molar-refractivity contribution in [3.8, 4) is 0 Å². The van der Waals surface area contributed by atoms with Crippen LogP contribution in [0.25, 0.3) is 11.0 Å². The van der Waals surface area contributed by atoms with Gasteiger partial charge in [-0.1, -0.05) is 11.6 Å². The maximum Gasteiger partial charge on any atom is 0.244 e. The van der Waals surface area contributed by atoms with Crippen LogP contribution in [0.4, 0.5) is 14.5 Å². The second-order valence-electron chi connectivity index (χ2n) is 6.84. The van der Waals surface area contributed by atoms with Gasteiger partial charge < -0.3 is 14.6 Å². The summed E-state index contributed by atoms with van der Waals surface area (Å²) in [4.78, 5) is 16.3. The van der Waals surface area contributed by atoms with E-state index in [1.54, 1.807) is 0 Å². The molecule has 0 radical (unpaired) electrons. The number of nitrogens with zero attached hydrogens (tertiary/aromatic N) is 3. The number of hydrogen-bond acceptors (Lipinski definition) is 5. The van der Waals surface area contributed by atoms with Crippen molar-refractivity contribution < 1.29 is 26.7 Å². The monoisotopic (exact) mass is 470 g/mol. The van der Waals surface area contributed by atoms with Crippen LogP contribution < -0.4 is 5.32 Å². The van der Waals surface area contributed by atoms with Gasteiger partial charge in [0.25, 0.3) is 0 Å². The van der Waals surface area contributed by atoms with E-state index in [-0.39, 0.29) is 59.5 Å². The molecule has 0 spiro atoms. The number of imidazole rings is 1. The number of aromatic nitrogens is 2. The van der Waals surface area contributed by atoms with Gasteiger partial charge in [-0.15, -0.1) is 0 Å². The molecule has 1 fully saturated rings. The highest BCUT2D eigenvalue weighted by molar-refractivity contribution is 7.89. The summed E-state index contributed by atoms with van der Waals surface area (Å²) in [7, 11) is -3.86.